The molecule has 0 bridgehead atoms. The van der Waals surface area contributed by atoms with E-state index in [-0.39, 0.29) is 36.7 Å². The summed E-state index contributed by atoms with van der Waals surface area (Å²) in [7, 11) is 0. The van der Waals surface area contributed by atoms with Gasteiger partial charge in [-0.2, -0.15) is 0 Å². The summed E-state index contributed by atoms with van der Waals surface area (Å²) >= 11 is 0. The zero-order valence-corrected chi connectivity index (χ0v) is 14.4. The summed E-state index contributed by atoms with van der Waals surface area (Å²) in [5, 5.41) is 5.33. The van der Waals surface area contributed by atoms with Crippen LogP contribution in [0.4, 0.5) is 0 Å². The smallest absolute Gasteiger partial charge is 0.255 e. The molecule has 0 aromatic heterocycles. The van der Waals surface area contributed by atoms with Crippen LogP contribution in [0, 0.1) is 0 Å². The summed E-state index contributed by atoms with van der Waals surface area (Å²) in [4.78, 5) is 50.0. The maximum absolute atomic E-state index is 12.6. The van der Waals surface area contributed by atoms with Crippen LogP contribution in [0.3, 0.4) is 0 Å². The first-order chi connectivity index (χ1) is 12.5. The van der Waals surface area contributed by atoms with Crippen molar-refractivity contribution >= 4 is 23.6 Å². The minimum Gasteiger partial charge on any atom is -0.349 e. The lowest BCUT2D eigenvalue weighted by molar-refractivity contribution is -0.136. The summed E-state index contributed by atoms with van der Waals surface area (Å²) in [5.74, 6) is -1.08. The van der Waals surface area contributed by atoms with Crippen LogP contribution in [0.5, 0.6) is 0 Å². The summed E-state index contributed by atoms with van der Waals surface area (Å²) in [6.07, 6.45) is 4.87. The molecule has 1 aromatic carbocycles. The average molecular weight is 355 g/mol. The fraction of sp³-hybridized carbons (Fsp3) is 0.474. The zero-order valence-electron chi connectivity index (χ0n) is 14.4. The summed E-state index contributed by atoms with van der Waals surface area (Å²) in [6.45, 7) is 0.283. The summed E-state index contributed by atoms with van der Waals surface area (Å²) in [5.41, 5.74) is 1.81. The van der Waals surface area contributed by atoms with Gasteiger partial charge in [-0.15, -0.1) is 0 Å². The first kappa shape index (κ1) is 16.8. The van der Waals surface area contributed by atoms with Crippen molar-refractivity contribution in [3.63, 3.8) is 0 Å². The molecule has 1 unspecified atom stereocenters. The van der Waals surface area contributed by atoms with Crippen LogP contribution in [0.2, 0.25) is 0 Å². The highest BCUT2D eigenvalue weighted by Crippen LogP contribution is 2.28. The molecular weight excluding hydrogens is 334 g/mol. The molecule has 1 saturated heterocycles. The molecule has 2 aliphatic heterocycles. The van der Waals surface area contributed by atoms with E-state index in [1.165, 1.54) is 4.90 Å². The Labute approximate surface area is 151 Å². The van der Waals surface area contributed by atoms with Crippen LogP contribution in [-0.2, 0) is 16.1 Å². The Hall–Kier alpha value is -2.70. The highest BCUT2D eigenvalue weighted by atomic mass is 16.2. The molecular formula is C19H21N3O4. The van der Waals surface area contributed by atoms with E-state index in [9.17, 15) is 19.2 Å². The second-order valence-electron chi connectivity index (χ2n) is 7.23. The van der Waals surface area contributed by atoms with Crippen molar-refractivity contribution < 1.29 is 19.2 Å². The number of benzene rings is 1. The quantitative estimate of drug-likeness (QED) is 0.794. The van der Waals surface area contributed by atoms with Crippen molar-refractivity contribution in [1.29, 1.82) is 0 Å². The highest BCUT2D eigenvalue weighted by Gasteiger charge is 2.39. The van der Waals surface area contributed by atoms with E-state index in [1.807, 2.05) is 0 Å². The number of imide groups is 1. The molecule has 7 heteroatoms. The Balaban J connectivity index is 1.50. The van der Waals surface area contributed by atoms with Crippen molar-refractivity contribution in [2.24, 2.45) is 0 Å². The van der Waals surface area contributed by atoms with Gasteiger partial charge in [0.2, 0.25) is 11.8 Å². The molecule has 0 radical (unpaired) electrons. The molecule has 2 heterocycles. The van der Waals surface area contributed by atoms with Crippen molar-refractivity contribution in [2.75, 3.05) is 0 Å². The third kappa shape index (κ3) is 2.98. The molecule has 1 aliphatic carbocycles. The van der Waals surface area contributed by atoms with Gasteiger partial charge in [-0.3, -0.25) is 24.5 Å². The van der Waals surface area contributed by atoms with Crippen molar-refractivity contribution in [3.05, 3.63) is 34.9 Å². The molecule has 1 atom stereocenters. The van der Waals surface area contributed by atoms with Gasteiger partial charge < -0.3 is 10.2 Å². The number of nitrogens with one attached hydrogen (secondary N) is 2. The Morgan fingerprint density at radius 2 is 1.88 bits per heavy atom. The van der Waals surface area contributed by atoms with Crippen molar-refractivity contribution in [1.82, 2.24) is 15.5 Å². The van der Waals surface area contributed by atoms with Crippen LogP contribution in [0.25, 0.3) is 0 Å². The highest BCUT2D eigenvalue weighted by molar-refractivity contribution is 6.06. The minimum absolute atomic E-state index is 0.119. The SMILES string of the molecule is O=C1CCC(N2Cc3cc(C(=O)NC4CCCC4)ccc3C2=O)C(=O)N1. The minimum atomic E-state index is -0.636. The van der Waals surface area contributed by atoms with Gasteiger partial charge in [-0.05, 0) is 43.0 Å². The number of rotatable bonds is 3. The van der Waals surface area contributed by atoms with Crippen LogP contribution in [-0.4, -0.2) is 40.6 Å². The molecule has 2 N–H and O–H groups in total. The van der Waals surface area contributed by atoms with Crippen molar-refractivity contribution in [3.8, 4) is 0 Å². The van der Waals surface area contributed by atoms with Crippen LogP contribution in [0.1, 0.15) is 64.8 Å². The number of hydrogen-bond acceptors (Lipinski definition) is 4. The zero-order chi connectivity index (χ0) is 18.3. The lowest BCUT2D eigenvalue weighted by Crippen LogP contribution is -2.52. The Bertz CT molecular complexity index is 798. The maximum Gasteiger partial charge on any atom is 0.255 e. The number of carbonyl (C=O) groups is 4. The van der Waals surface area contributed by atoms with Gasteiger partial charge >= 0.3 is 0 Å². The van der Waals surface area contributed by atoms with E-state index >= 15 is 0 Å². The summed E-state index contributed by atoms with van der Waals surface area (Å²) < 4.78 is 0. The van der Waals surface area contributed by atoms with Gasteiger partial charge in [0, 0.05) is 30.1 Å². The van der Waals surface area contributed by atoms with Gasteiger partial charge in [0.1, 0.15) is 6.04 Å². The third-order valence-corrected chi connectivity index (χ3v) is 5.48. The Morgan fingerprint density at radius 3 is 2.62 bits per heavy atom. The molecule has 2 fully saturated rings. The first-order valence-corrected chi connectivity index (χ1v) is 9.11. The molecule has 1 aromatic rings. The Kier molecular flexibility index (Phi) is 4.22. The lowest BCUT2D eigenvalue weighted by Gasteiger charge is -2.29. The van der Waals surface area contributed by atoms with Crippen LogP contribution < -0.4 is 10.6 Å². The number of nitrogens with zero attached hydrogens (tertiary/aromatic N) is 1. The van der Waals surface area contributed by atoms with E-state index in [0.717, 1.165) is 31.2 Å². The standard InChI is InChI=1S/C19H21N3O4/c23-16-8-7-15(18(25)21-16)22-10-12-9-11(5-6-14(12)19(22)26)17(24)20-13-3-1-2-4-13/h5-6,9,13,15H,1-4,7-8,10H2,(H,20,24)(H,21,23,25). The lowest BCUT2D eigenvalue weighted by atomic mass is 10.0. The molecule has 4 amide bonds. The van der Waals surface area contributed by atoms with Gasteiger partial charge in [0.15, 0.2) is 0 Å². The fourth-order valence-electron chi connectivity index (χ4n) is 4.05. The molecule has 26 heavy (non-hydrogen) atoms. The monoisotopic (exact) mass is 355 g/mol. The fourth-order valence-corrected chi connectivity index (χ4v) is 4.05. The third-order valence-electron chi connectivity index (χ3n) is 5.48. The molecule has 136 valence electrons. The second kappa shape index (κ2) is 6.55. The molecule has 4 rings (SSSR count). The largest absolute Gasteiger partial charge is 0.349 e. The predicted molar refractivity (Wildman–Crippen MR) is 92.2 cm³/mol. The number of hydrogen-bond donors (Lipinski definition) is 2. The van der Waals surface area contributed by atoms with Gasteiger partial charge in [-0.25, -0.2) is 0 Å². The topological polar surface area (TPSA) is 95.6 Å². The van der Waals surface area contributed by atoms with E-state index in [1.54, 1.807) is 18.2 Å². The molecule has 0 spiro atoms. The predicted octanol–water partition coefficient (Wildman–Crippen LogP) is 1.12. The normalized spacial score (nSPS) is 23.2. The number of fused-ring (bicyclic) bond motifs is 1. The first-order valence-electron chi connectivity index (χ1n) is 9.11. The van der Waals surface area contributed by atoms with E-state index in [0.29, 0.717) is 17.5 Å². The van der Waals surface area contributed by atoms with Gasteiger partial charge in [0.25, 0.3) is 11.8 Å². The maximum atomic E-state index is 12.6. The van der Waals surface area contributed by atoms with Crippen molar-refractivity contribution in [2.45, 2.75) is 57.2 Å². The summed E-state index contributed by atoms with van der Waals surface area (Å²) in [6, 6.07) is 4.66. The van der Waals surface area contributed by atoms with Crippen LogP contribution >= 0.6 is 0 Å². The average Bonchev–Trinajstić information content (AvgIpc) is 3.23. The van der Waals surface area contributed by atoms with E-state index in [4.69, 9.17) is 0 Å². The number of piperidine rings is 1. The Morgan fingerprint density at radius 1 is 1.12 bits per heavy atom. The molecule has 3 aliphatic rings. The van der Waals surface area contributed by atoms with E-state index < -0.39 is 11.9 Å². The second-order valence-corrected chi connectivity index (χ2v) is 7.23. The number of carbonyl (C=O) groups excluding carboxylic acids is 4. The van der Waals surface area contributed by atoms with Crippen LogP contribution in [0.15, 0.2) is 18.2 Å². The van der Waals surface area contributed by atoms with Gasteiger partial charge in [-0.1, -0.05) is 12.8 Å². The van der Waals surface area contributed by atoms with Gasteiger partial charge in [0.05, 0.1) is 0 Å². The van der Waals surface area contributed by atoms with E-state index in [2.05, 4.69) is 10.6 Å². The number of amides is 4. The molecule has 1 saturated carbocycles. The molecule has 7 nitrogen and oxygen atoms in total.